The Morgan fingerprint density at radius 2 is 1.90 bits per heavy atom. The van der Waals surface area contributed by atoms with Crippen molar-refractivity contribution >= 4 is 11.9 Å². The summed E-state index contributed by atoms with van der Waals surface area (Å²) in [6.45, 7) is 2.57. The van der Waals surface area contributed by atoms with E-state index in [-0.39, 0.29) is 24.4 Å². The van der Waals surface area contributed by atoms with E-state index < -0.39 is 11.8 Å². The third-order valence-corrected chi connectivity index (χ3v) is 2.96. The zero-order chi connectivity index (χ0) is 15.8. The van der Waals surface area contributed by atoms with E-state index in [0.717, 1.165) is 0 Å². The maximum atomic E-state index is 13.4. The largest absolute Gasteiger partial charge is 0.469 e. The number of hydrogen-bond acceptors (Lipinski definition) is 4. The molecule has 116 valence electrons. The SMILES string of the molecule is COCCN(CCC(=O)OC)C(=O)c1cc(C)cc(F)c1. The van der Waals surface area contributed by atoms with E-state index in [1.54, 1.807) is 13.0 Å². The van der Waals surface area contributed by atoms with Gasteiger partial charge in [0.05, 0.1) is 20.1 Å². The van der Waals surface area contributed by atoms with Gasteiger partial charge in [-0.15, -0.1) is 0 Å². The fraction of sp³-hybridized carbons (Fsp3) is 0.467. The van der Waals surface area contributed by atoms with Gasteiger partial charge in [-0.25, -0.2) is 4.39 Å². The lowest BCUT2D eigenvalue weighted by Gasteiger charge is -2.22. The highest BCUT2D eigenvalue weighted by Crippen LogP contribution is 2.11. The van der Waals surface area contributed by atoms with Gasteiger partial charge in [-0.2, -0.15) is 0 Å². The van der Waals surface area contributed by atoms with Crippen LogP contribution in [0.1, 0.15) is 22.3 Å². The number of esters is 1. The van der Waals surface area contributed by atoms with E-state index in [9.17, 15) is 14.0 Å². The van der Waals surface area contributed by atoms with Gasteiger partial charge >= 0.3 is 5.97 Å². The average molecular weight is 297 g/mol. The minimum atomic E-state index is -0.460. The minimum Gasteiger partial charge on any atom is -0.469 e. The Balaban J connectivity index is 2.84. The number of amides is 1. The number of ether oxygens (including phenoxy) is 2. The molecule has 1 amide bonds. The van der Waals surface area contributed by atoms with Crippen LogP contribution in [0.5, 0.6) is 0 Å². The molecule has 1 aromatic carbocycles. The van der Waals surface area contributed by atoms with E-state index in [1.807, 2.05) is 0 Å². The van der Waals surface area contributed by atoms with Crippen LogP contribution in [0.15, 0.2) is 18.2 Å². The van der Waals surface area contributed by atoms with E-state index in [2.05, 4.69) is 4.74 Å². The van der Waals surface area contributed by atoms with Crippen molar-refractivity contribution in [2.24, 2.45) is 0 Å². The second-order valence-corrected chi connectivity index (χ2v) is 4.63. The predicted octanol–water partition coefficient (Wildman–Crippen LogP) is 1.79. The van der Waals surface area contributed by atoms with E-state index in [0.29, 0.717) is 18.7 Å². The Kier molecular flexibility index (Phi) is 6.81. The molecule has 1 aromatic rings. The molecule has 0 fully saturated rings. The summed E-state index contributed by atoms with van der Waals surface area (Å²) in [7, 11) is 2.81. The molecule has 0 bridgehead atoms. The van der Waals surface area contributed by atoms with Crippen LogP contribution in [0.4, 0.5) is 4.39 Å². The highest BCUT2D eigenvalue weighted by molar-refractivity contribution is 5.94. The molecule has 0 aliphatic carbocycles. The lowest BCUT2D eigenvalue weighted by atomic mass is 10.1. The fourth-order valence-electron chi connectivity index (χ4n) is 1.89. The molecule has 0 atom stereocenters. The smallest absolute Gasteiger partial charge is 0.307 e. The number of benzene rings is 1. The van der Waals surface area contributed by atoms with Gasteiger partial charge in [-0.1, -0.05) is 0 Å². The normalized spacial score (nSPS) is 10.3. The summed E-state index contributed by atoms with van der Waals surface area (Å²) in [6, 6.07) is 4.15. The van der Waals surface area contributed by atoms with Crippen molar-refractivity contribution in [2.75, 3.05) is 33.9 Å². The number of methoxy groups -OCH3 is 2. The molecule has 0 aromatic heterocycles. The first-order valence-electron chi connectivity index (χ1n) is 6.60. The number of carbonyl (C=O) groups is 2. The Morgan fingerprint density at radius 3 is 2.48 bits per heavy atom. The summed E-state index contributed by atoms with van der Waals surface area (Å²) in [5.74, 6) is -1.20. The summed E-state index contributed by atoms with van der Waals surface area (Å²) < 4.78 is 22.9. The van der Waals surface area contributed by atoms with Gasteiger partial charge in [0.2, 0.25) is 0 Å². The van der Waals surface area contributed by atoms with Gasteiger partial charge in [0, 0.05) is 25.8 Å². The number of rotatable bonds is 7. The lowest BCUT2D eigenvalue weighted by molar-refractivity contribution is -0.140. The first kappa shape index (κ1) is 17.1. The average Bonchev–Trinajstić information content (AvgIpc) is 2.45. The quantitative estimate of drug-likeness (QED) is 0.720. The first-order chi connectivity index (χ1) is 9.97. The highest BCUT2D eigenvalue weighted by Gasteiger charge is 2.18. The number of carbonyl (C=O) groups excluding carboxylic acids is 2. The van der Waals surface area contributed by atoms with Crippen LogP contribution in [0.25, 0.3) is 0 Å². The van der Waals surface area contributed by atoms with Gasteiger partial charge in [0.1, 0.15) is 5.82 Å². The summed E-state index contributed by atoms with van der Waals surface area (Å²) in [5.41, 5.74) is 0.923. The summed E-state index contributed by atoms with van der Waals surface area (Å²) in [5, 5.41) is 0. The van der Waals surface area contributed by atoms with Crippen LogP contribution in [0.2, 0.25) is 0 Å². The second-order valence-electron chi connectivity index (χ2n) is 4.63. The number of nitrogens with zero attached hydrogens (tertiary/aromatic N) is 1. The maximum absolute atomic E-state index is 13.4. The van der Waals surface area contributed by atoms with Crippen molar-refractivity contribution in [3.8, 4) is 0 Å². The van der Waals surface area contributed by atoms with Crippen LogP contribution in [0, 0.1) is 12.7 Å². The molecule has 0 aliphatic heterocycles. The number of halogens is 1. The van der Waals surface area contributed by atoms with Crippen LogP contribution in [-0.2, 0) is 14.3 Å². The van der Waals surface area contributed by atoms with Crippen molar-refractivity contribution < 1.29 is 23.5 Å². The van der Waals surface area contributed by atoms with Crippen molar-refractivity contribution in [3.63, 3.8) is 0 Å². The van der Waals surface area contributed by atoms with E-state index in [1.165, 1.54) is 31.3 Å². The molecule has 0 saturated carbocycles. The maximum Gasteiger partial charge on any atom is 0.307 e. The standard InChI is InChI=1S/C15H20FNO4/c1-11-8-12(10-13(16)9-11)15(19)17(6-7-20-2)5-4-14(18)21-3/h8-10H,4-7H2,1-3H3. The minimum absolute atomic E-state index is 0.0836. The van der Waals surface area contributed by atoms with Crippen LogP contribution < -0.4 is 0 Å². The summed E-state index contributed by atoms with van der Waals surface area (Å²) in [6.07, 6.45) is 0.0836. The Labute approximate surface area is 123 Å². The van der Waals surface area contributed by atoms with E-state index in [4.69, 9.17) is 4.74 Å². The predicted molar refractivity (Wildman–Crippen MR) is 75.5 cm³/mol. The topological polar surface area (TPSA) is 55.8 Å². The van der Waals surface area contributed by atoms with Crippen molar-refractivity contribution in [3.05, 3.63) is 35.1 Å². The summed E-state index contributed by atoms with van der Waals surface area (Å²) >= 11 is 0. The van der Waals surface area contributed by atoms with Crippen LogP contribution in [0.3, 0.4) is 0 Å². The van der Waals surface area contributed by atoms with Crippen molar-refractivity contribution in [1.82, 2.24) is 4.90 Å². The van der Waals surface area contributed by atoms with Crippen molar-refractivity contribution in [1.29, 1.82) is 0 Å². The molecule has 0 radical (unpaired) electrons. The fourth-order valence-corrected chi connectivity index (χ4v) is 1.89. The molecule has 0 N–H and O–H groups in total. The molecule has 21 heavy (non-hydrogen) atoms. The van der Waals surface area contributed by atoms with Gasteiger partial charge in [0.25, 0.3) is 5.91 Å². The first-order valence-corrected chi connectivity index (χ1v) is 6.60. The molecular weight excluding hydrogens is 277 g/mol. The van der Waals surface area contributed by atoms with E-state index >= 15 is 0 Å². The monoisotopic (exact) mass is 297 g/mol. The zero-order valence-electron chi connectivity index (χ0n) is 12.5. The third kappa shape index (κ3) is 5.51. The Bertz CT molecular complexity index is 484. The zero-order valence-corrected chi connectivity index (χ0v) is 12.5. The van der Waals surface area contributed by atoms with Gasteiger partial charge in [0.15, 0.2) is 0 Å². The number of hydrogen-bond donors (Lipinski definition) is 0. The Hall–Kier alpha value is -1.95. The molecule has 0 spiro atoms. The Morgan fingerprint density at radius 1 is 1.19 bits per heavy atom. The van der Waals surface area contributed by atoms with Crippen molar-refractivity contribution in [2.45, 2.75) is 13.3 Å². The molecule has 0 aliphatic rings. The van der Waals surface area contributed by atoms with Gasteiger partial charge in [-0.05, 0) is 30.7 Å². The van der Waals surface area contributed by atoms with Crippen LogP contribution in [-0.4, -0.2) is 50.7 Å². The van der Waals surface area contributed by atoms with Crippen LogP contribution >= 0.6 is 0 Å². The lowest BCUT2D eigenvalue weighted by Crippen LogP contribution is -2.36. The molecule has 0 unspecified atom stereocenters. The van der Waals surface area contributed by atoms with Gasteiger partial charge < -0.3 is 14.4 Å². The second kappa shape index (κ2) is 8.36. The molecule has 0 saturated heterocycles. The molecule has 0 heterocycles. The third-order valence-electron chi connectivity index (χ3n) is 2.96. The van der Waals surface area contributed by atoms with Gasteiger partial charge in [-0.3, -0.25) is 9.59 Å². The number of aryl methyl sites for hydroxylation is 1. The molecule has 6 heteroatoms. The highest BCUT2D eigenvalue weighted by atomic mass is 19.1. The summed E-state index contributed by atoms with van der Waals surface area (Å²) in [4.78, 5) is 25.1. The molecule has 5 nitrogen and oxygen atoms in total. The molecular formula is C15H20FNO4. The molecule has 1 rings (SSSR count).